The van der Waals surface area contributed by atoms with E-state index in [4.69, 9.17) is 9.47 Å². The van der Waals surface area contributed by atoms with Crippen molar-refractivity contribution in [2.24, 2.45) is 0 Å². The zero-order valence-electron chi connectivity index (χ0n) is 15.8. The van der Waals surface area contributed by atoms with Gasteiger partial charge in [-0.2, -0.15) is 10.4 Å². The van der Waals surface area contributed by atoms with Gasteiger partial charge >= 0.3 is 0 Å². The molecule has 8 nitrogen and oxygen atoms in total. The molecule has 0 amide bonds. The first-order valence-electron chi connectivity index (χ1n) is 9.13. The summed E-state index contributed by atoms with van der Waals surface area (Å²) in [5, 5.41) is 17.1. The second-order valence-corrected chi connectivity index (χ2v) is 6.60. The molecular weight excluding hydrogens is 370 g/mol. The molecule has 4 rings (SSSR count). The number of rotatable bonds is 5. The van der Waals surface area contributed by atoms with E-state index in [1.807, 2.05) is 24.3 Å². The molecule has 1 saturated heterocycles. The number of anilines is 1. The minimum Gasteiger partial charge on any atom is -0.497 e. The highest BCUT2D eigenvalue weighted by molar-refractivity contribution is 5.60. The molecule has 0 spiro atoms. The van der Waals surface area contributed by atoms with Gasteiger partial charge in [0.1, 0.15) is 23.7 Å². The quantitative estimate of drug-likeness (QED) is 0.714. The highest BCUT2D eigenvalue weighted by Crippen LogP contribution is 2.25. The summed E-state index contributed by atoms with van der Waals surface area (Å²) in [7, 11) is 1.60. The molecule has 29 heavy (non-hydrogen) atoms. The minimum atomic E-state index is -0.332. The van der Waals surface area contributed by atoms with Crippen molar-refractivity contribution in [3.8, 4) is 23.1 Å². The molecule has 8 heteroatoms. The molecule has 0 radical (unpaired) electrons. The summed E-state index contributed by atoms with van der Waals surface area (Å²) in [5.74, 6) is 1.18. The van der Waals surface area contributed by atoms with Crippen molar-refractivity contribution in [2.45, 2.75) is 12.1 Å². The van der Waals surface area contributed by atoms with Crippen LogP contribution in [0.15, 0.2) is 59.5 Å². The lowest BCUT2D eigenvalue weighted by Gasteiger charge is -2.21. The van der Waals surface area contributed by atoms with Crippen molar-refractivity contribution in [3.63, 3.8) is 0 Å². The number of ether oxygens (including phenoxy) is 2. The number of hydrogen-bond acceptors (Lipinski definition) is 7. The highest BCUT2D eigenvalue weighted by Gasteiger charge is 2.32. The Balaban J connectivity index is 1.66. The lowest BCUT2D eigenvalue weighted by atomic mass is 10.1. The zero-order chi connectivity index (χ0) is 20.2. The smallest absolute Gasteiger partial charge is 0.267 e. The monoisotopic (exact) mass is 389 g/mol. The summed E-state index contributed by atoms with van der Waals surface area (Å²) in [6.45, 7) is 0.713. The van der Waals surface area contributed by atoms with Crippen LogP contribution in [0.1, 0.15) is 11.6 Å². The first-order chi connectivity index (χ1) is 14.2. The van der Waals surface area contributed by atoms with E-state index in [2.05, 4.69) is 21.5 Å². The maximum absolute atomic E-state index is 12.6. The summed E-state index contributed by atoms with van der Waals surface area (Å²) in [5.41, 5.74) is 1.71. The van der Waals surface area contributed by atoms with Gasteiger partial charge in [-0.1, -0.05) is 12.1 Å². The summed E-state index contributed by atoms with van der Waals surface area (Å²) in [6.07, 6.45) is 1.61. The van der Waals surface area contributed by atoms with Crippen molar-refractivity contribution in [2.75, 3.05) is 25.6 Å². The van der Waals surface area contributed by atoms with Crippen molar-refractivity contribution in [3.05, 3.63) is 70.6 Å². The van der Waals surface area contributed by atoms with Gasteiger partial charge in [0.25, 0.3) is 5.56 Å². The standard InChI is InChI=1S/C21H19N5O3/c1-28-16-6-2-4-14(10-16)17-7-8-20(27)26(25-17)19-13-29-12-18(19)24-21-15(11-22)5-3-9-23-21/h2-10,18-19H,12-13H2,1H3,(H,23,24). The molecule has 3 heterocycles. The highest BCUT2D eigenvalue weighted by atomic mass is 16.5. The molecule has 0 saturated carbocycles. The maximum atomic E-state index is 12.6. The summed E-state index contributed by atoms with van der Waals surface area (Å²) < 4.78 is 12.3. The van der Waals surface area contributed by atoms with E-state index < -0.39 is 0 Å². The number of methoxy groups -OCH3 is 1. The summed E-state index contributed by atoms with van der Waals surface area (Å²) in [4.78, 5) is 16.8. The van der Waals surface area contributed by atoms with Crippen LogP contribution < -0.4 is 15.6 Å². The number of nitrogens with one attached hydrogen (secondary N) is 1. The number of nitrogens with zero attached hydrogens (tertiary/aromatic N) is 4. The third-order valence-electron chi connectivity index (χ3n) is 4.81. The number of benzene rings is 1. The minimum absolute atomic E-state index is 0.222. The fourth-order valence-corrected chi connectivity index (χ4v) is 3.31. The van der Waals surface area contributed by atoms with Crippen molar-refractivity contribution >= 4 is 5.82 Å². The Morgan fingerprint density at radius 2 is 2.14 bits per heavy atom. The van der Waals surface area contributed by atoms with Crippen LogP contribution in [0, 0.1) is 11.3 Å². The van der Waals surface area contributed by atoms with Crippen LogP contribution in [-0.2, 0) is 4.74 Å². The second kappa shape index (κ2) is 8.12. The van der Waals surface area contributed by atoms with Crippen LogP contribution in [-0.4, -0.2) is 41.1 Å². The molecule has 146 valence electrons. The number of aromatic nitrogens is 3. The van der Waals surface area contributed by atoms with Crippen molar-refractivity contribution in [1.29, 1.82) is 5.26 Å². The van der Waals surface area contributed by atoms with E-state index in [1.165, 1.54) is 10.7 Å². The maximum Gasteiger partial charge on any atom is 0.267 e. The molecule has 2 atom stereocenters. The fourth-order valence-electron chi connectivity index (χ4n) is 3.31. The van der Waals surface area contributed by atoms with E-state index in [9.17, 15) is 10.1 Å². The first kappa shape index (κ1) is 18.7. The van der Waals surface area contributed by atoms with Crippen LogP contribution in [0.2, 0.25) is 0 Å². The average molecular weight is 389 g/mol. The fraction of sp³-hybridized carbons (Fsp3) is 0.238. The van der Waals surface area contributed by atoms with Crippen LogP contribution in [0.5, 0.6) is 5.75 Å². The van der Waals surface area contributed by atoms with E-state index in [-0.39, 0.29) is 17.6 Å². The molecule has 1 fully saturated rings. The number of nitriles is 1. The second-order valence-electron chi connectivity index (χ2n) is 6.60. The molecule has 1 aliphatic rings. The molecule has 0 bridgehead atoms. The van der Waals surface area contributed by atoms with Crippen LogP contribution in [0.4, 0.5) is 5.82 Å². The van der Waals surface area contributed by atoms with E-state index in [0.717, 1.165) is 5.56 Å². The van der Waals surface area contributed by atoms with Crippen molar-refractivity contribution < 1.29 is 9.47 Å². The molecule has 0 aliphatic carbocycles. The Morgan fingerprint density at radius 1 is 1.24 bits per heavy atom. The molecule has 1 aliphatic heterocycles. The van der Waals surface area contributed by atoms with Gasteiger partial charge in [0.2, 0.25) is 0 Å². The number of hydrogen-bond donors (Lipinski definition) is 1. The predicted molar refractivity (Wildman–Crippen MR) is 107 cm³/mol. The van der Waals surface area contributed by atoms with Crippen LogP contribution in [0.25, 0.3) is 11.3 Å². The summed E-state index contributed by atoms with van der Waals surface area (Å²) >= 11 is 0. The lowest BCUT2D eigenvalue weighted by Crippen LogP contribution is -2.37. The Morgan fingerprint density at radius 3 is 2.97 bits per heavy atom. The average Bonchev–Trinajstić information content (AvgIpc) is 3.22. The van der Waals surface area contributed by atoms with Gasteiger partial charge in [0.15, 0.2) is 0 Å². The molecule has 2 aromatic heterocycles. The Hall–Kier alpha value is -3.70. The Kier molecular flexibility index (Phi) is 5.22. The molecule has 2 unspecified atom stereocenters. The van der Waals surface area contributed by atoms with Crippen molar-refractivity contribution in [1.82, 2.24) is 14.8 Å². The van der Waals surface area contributed by atoms with Gasteiger partial charge < -0.3 is 14.8 Å². The first-order valence-corrected chi connectivity index (χ1v) is 9.13. The Labute approximate surface area is 167 Å². The van der Waals surface area contributed by atoms with Gasteiger partial charge in [-0.15, -0.1) is 0 Å². The van der Waals surface area contributed by atoms with Crippen LogP contribution in [0.3, 0.4) is 0 Å². The molecular formula is C21H19N5O3. The van der Waals surface area contributed by atoms with Crippen LogP contribution >= 0.6 is 0 Å². The third kappa shape index (κ3) is 3.81. The number of pyridine rings is 1. The van der Waals surface area contributed by atoms with E-state index in [0.29, 0.717) is 36.0 Å². The lowest BCUT2D eigenvalue weighted by molar-refractivity contribution is 0.183. The topological polar surface area (TPSA) is 102 Å². The normalized spacial score (nSPS) is 18.2. The summed E-state index contributed by atoms with van der Waals surface area (Å²) in [6, 6.07) is 15.6. The van der Waals surface area contributed by atoms with E-state index >= 15 is 0 Å². The van der Waals surface area contributed by atoms with E-state index in [1.54, 1.807) is 31.5 Å². The van der Waals surface area contributed by atoms with Gasteiger partial charge in [-0.25, -0.2) is 9.67 Å². The Bertz CT molecular complexity index is 1120. The SMILES string of the molecule is COc1cccc(-c2ccc(=O)n(C3COCC3Nc3ncccc3C#N)n2)c1. The third-order valence-corrected chi connectivity index (χ3v) is 4.81. The van der Waals surface area contributed by atoms with Gasteiger partial charge in [-0.3, -0.25) is 4.79 Å². The van der Waals surface area contributed by atoms with Gasteiger partial charge in [-0.05, 0) is 30.3 Å². The van der Waals surface area contributed by atoms with Gasteiger partial charge in [0, 0.05) is 17.8 Å². The molecule has 1 aromatic carbocycles. The van der Waals surface area contributed by atoms with Gasteiger partial charge in [0.05, 0.1) is 37.6 Å². The zero-order valence-corrected chi connectivity index (χ0v) is 15.8. The molecule has 1 N–H and O–H groups in total. The largest absolute Gasteiger partial charge is 0.497 e. The molecule has 3 aromatic rings. The predicted octanol–water partition coefficient (Wildman–Crippen LogP) is 2.24.